The van der Waals surface area contributed by atoms with Crippen LogP contribution in [0.15, 0.2) is 48.5 Å². The average Bonchev–Trinajstić information content (AvgIpc) is 2.57. The van der Waals surface area contributed by atoms with Crippen molar-refractivity contribution in [3.8, 4) is 0 Å². The smallest absolute Gasteiger partial charge is 0.334 e. The van der Waals surface area contributed by atoms with Gasteiger partial charge in [0.15, 0.2) is 0 Å². The number of hydrogen-bond donors (Lipinski definition) is 1. The van der Waals surface area contributed by atoms with Gasteiger partial charge in [-0.25, -0.2) is 4.39 Å². The number of alkyl halides is 3. The topological polar surface area (TPSA) is 46.3 Å². The van der Waals surface area contributed by atoms with Crippen LogP contribution in [0.1, 0.15) is 27.9 Å². The van der Waals surface area contributed by atoms with E-state index in [1.165, 1.54) is 4.90 Å². The molecule has 0 aliphatic carbocycles. The van der Waals surface area contributed by atoms with Crippen molar-refractivity contribution in [1.82, 2.24) is 4.90 Å². The third-order valence-corrected chi connectivity index (χ3v) is 3.61. The summed E-state index contributed by atoms with van der Waals surface area (Å²) >= 11 is 0. The molecule has 8 heteroatoms. The van der Waals surface area contributed by atoms with Crippen molar-refractivity contribution in [1.29, 1.82) is 0 Å². The highest BCUT2D eigenvalue weighted by atomic mass is 35.5. The van der Waals surface area contributed by atoms with Gasteiger partial charge < -0.3 is 10.6 Å². The molecule has 0 atom stereocenters. The summed E-state index contributed by atoms with van der Waals surface area (Å²) < 4.78 is 52.1. The highest BCUT2D eigenvalue weighted by Gasteiger charge is 2.32. The summed E-state index contributed by atoms with van der Waals surface area (Å²) in [6.45, 7) is 0.801. The molecule has 3 nitrogen and oxygen atoms in total. The second-order valence-corrected chi connectivity index (χ2v) is 5.58. The first-order valence-electron chi connectivity index (χ1n) is 7.72. The Morgan fingerprint density at radius 1 is 1.08 bits per heavy atom. The van der Waals surface area contributed by atoms with Gasteiger partial charge in [0, 0.05) is 18.7 Å². The van der Waals surface area contributed by atoms with E-state index in [0.29, 0.717) is 25.1 Å². The first-order chi connectivity index (χ1) is 11.8. The molecule has 0 saturated carbocycles. The van der Waals surface area contributed by atoms with Gasteiger partial charge >= 0.3 is 6.18 Å². The fourth-order valence-electron chi connectivity index (χ4n) is 2.40. The number of nitrogens with zero attached hydrogens (tertiary/aromatic N) is 1. The standard InChI is InChI=1S/C18H18F4N2O.ClH/c19-16-10-14(9-15(11-16)18(20,21)22)17(25)24(8-4-7-23)12-13-5-2-1-3-6-13;/h1-3,5-6,9-11H,4,7-8,12,23H2;1H. The van der Waals surface area contributed by atoms with E-state index in [1.54, 1.807) is 24.3 Å². The Bertz CT molecular complexity index is 723. The van der Waals surface area contributed by atoms with Gasteiger partial charge in [0.2, 0.25) is 0 Å². The molecular formula is C18H19ClF4N2O. The van der Waals surface area contributed by atoms with Crippen LogP contribution in [-0.4, -0.2) is 23.9 Å². The van der Waals surface area contributed by atoms with Crippen molar-refractivity contribution in [3.63, 3.8) is 0 Å². The Balaban J connectivity index is 0.00000338. The predicted octanol–water partition coefficient (Wildman–Crippen LogP) is 4.26. The molecule has 0 aromatic heterocycles. The lowest BCUT2D eigenvalue weighted by atomic mass is 10.1. The summed E-state index contributed by atoms with van der Waals surface area (Å²) in [5.41, 5.74) is 4.77. The fourth-order valence-corrected chi connectivity index (χ4v) is 2.40. The average molecular weight is 391 g/mol. The van der Waals surface area contributed by atoms with Crippen molar-refractivity contribution < 1.29 is 22.4 Å². The molecule has 0 heterocycles. The van der Waals surface area contributed by atoms with E-state index < -0.39 is 23.5 Å². The predicted molar refractivity (Wildman–Crippen MR) is 93.5 cm³/mol. The third-order valence-electron chi connectivity index (χ3n) is 3.61. The maximum absolute atomic E-state index is 13.6. The Kier molecular flexibility index (Phi) is 8.05. The van der Waals surface area contributed by atoms with Gasteiger partial charge in [-0.15, -0.1) is 12.4 Å². The van der Waals surface area contributed by atoms with E-state index in [-0.39, 0.29) is 31.1 Å². The summed E-state index contributed by atoms with van der Waals surface area (Å²) in [4.78, 5) is 14.0. The summed E-state index contributed by atoms with van der Waals surface area (Å²) in [6, 6.07) is 10.9. The monoisotopic (exact) mass is 390 g/mol. The van der Waals surface area contributed by atoms with Gasteiger partial charge in [0.1, 0.15) is 5.82 Å². The molecule has 0 spiro atoms. The summed E-state index contributed by atoms with van der Waals surface area (Å²) in [5, 5.41) is 0. The zero-order valence-corrected chi connectivity index (χ0v) is 14.6. The largest absolute Gasteiger partial charge is 0.416 e. The second-order valence-electron chi connectivity index (χ2n) is 5.58. The van der Waals surface area contributed by atoms with Crippen LogP contribution < -0.4 is 5.73 Å². The minimum atomic E-state index is -4.72. The number of halogens is 5. The van der Waals surface area contributed by atoms with Gasteiger partial charge in [0.25, 0.3) is 5.91 Å². The molecule has 2 aromatic rings. The molecule has 0 radical (unpaired) electrons. The number of rotatable bonds is 6. The van der Waals surface area contributed by atoms with Crippen LogP contribution in [0, 0.1) is 5.82 Å². The van der Waals surface area contributed by atoms with E-state index in [4.69, 9.17) is 5.73 Å². The van der Waals surface area contributed by atoms with Crippen LogP contribution in [0.4, 0.5) is 17.6 Å². The van der Waals surface area contributed by atoms with Crippen molar-refractivity contribution >= 4 is 18.3 Å². The van der Waals surface area contributed by atoms with E-state index in [2.05, 4.69) is 0 Å². The van der Waals surface area contributed by atoms with Crippen molar-refractivity contribution in [2.24, 2.45) is 5.73 Å². The fraction of sp³-hybridized carbons (Fsp3) is 0.278. The molecule has 26 heavy (non-hydrogen) atoms. The lowest BCUT2D eigenvalue weighted by Gasteiger charge is -2.23. The third kappa shape index (κ3) is 6.00. The number of carbonyl (C=O) groups excluding carboxylic acids is 1. The molecule has 2 aromatic carbocycles. The number of benzene rings is 2. The van der Waals surface area contributed by atoms with Gasteiger partial charge in [-0.1, -0.05) is 30.3 Å². The Morgan fingerprint density at radius 3 is 2.31 bits per heavy atom. The number of hydrogen-bond acceptors (Lipinski definition) is 2. The molecule has 142 valence electrons. The Morgan fingerprint density at radius 2 is 1.73 bits per heavy atom. The molecular weight excluding hydrogens is 372 g/mol. The lowest BCUT2D eigenvalue weighted by Crippen LogP contribution is -2.32. The molecule has 0 fully saturated rings. The lowest BCUT2D eigenvalue weighted by molar-refractivity contribution is -0.137. The van der Waals surface area contributed by atoms with Crippen molar-refractivity contribution in [2.45, 2.75) is 19.1 Å². The molecule has 0 aliphatic rings. The SMILES string of the molecule is Cl.NCCCN(Cc1ccccc1)C(=O)c1cc(F)cc(C(F)(F)F)c1. The van der Waals surface area contributed by atoms with Crippen LogP contribution >= 0.6 is 12.4 Å². The second kappa shape index (κ2) is 9.54. The number of amides is 1. The molecule has 1 amide bonds. The van der Waals surface area contributed by atoms with Gasteiger partial charge in [-0.05, 0) is 36.7 Å². The maximum atomic E-state index is 13.6. The molecule has 0 aliphatic heterocycles. The van der Waals surface area contributed by atoms with Crippen LogP contribution in [0.5, 0.6) is 0 Å². The first-order valence-corrected chi connectivity index (χ1v) is 7.72. The summed E-state index contributed by atoms with van der Waals surface area (Å²) in [7, 11) is 0. The summed E-state index contributed by atoms with van der Waals surface area (Å²) in [5.74, 6) is -1.76. The van der Waals surface area contributed by atoms with E-state index in [9.17, 15) is 22.4 Å². The number of carbonyl (C=O) groups is 1. The normalized spacial score (nSPS) is 11.0. The molecule has 2 N–H and O–H groups in total. The highest BCUT2D eigenvalue weighted by Crippen LogP contribution is 2.30. The van der Waals surface area contributed by atoms with Crippen LogP contribution in [0.3, 0.4) is 0 Å². The molecule has 0 unspecified atom stereocenters. The highest BCUT2D eigenvalue weighted by molar-refractivity contribution is 5.94. The van der Waals surface area contributed by atoms with E-state index in [1.807, 2.05) is 6.07 Å². The summed E-state index contributed by atoms with van der Waals surface area (Å²) in [6.07, 6.45) is -4.24. The van der Waals surface area contributed by atoms with Crippen molar-refractivity contribution in [3.05, 3.63) is 71.0 Å². The first kappa shape index (κ1) is 21.9. The quantitative estimate of drug-likeness (QED) is 0.749. The van der Waals surface area contributed by atoms with E-state index >= 15 is 0 Å². The van der Waals surface area contributed by atoms with Gasteiger partial charge in [-0.2, -0.15) is 13.2 Å². The molecule has 0 saturated heterocycles. The van der Waals surface area contributed by atoms with Gasteiger partial charge in [0.05, 0.1) is 5.56 Å². The van der Waals surface area contributed by atoms with Crippen LogP contribution in [-0.2, 0) is 12.7 Å². The zero-order valence-electron chi connectivity index (χ0n) is 13.8. The Hall–Kier alpha value is -2.12. The number of nitrogens with two attached hydrogens (primary N) is 1. The van der Waals surface area contributed by atoms with Gasteiger partial charge in [-0.3, -0.25) is 4.79 Å². The maximum Gasteiger partial charge on any atom is 0.416 e. The van der Waals surface area contributed by atoms with E-state index in [0.717, 1.165) is 11.6 Å². The van der Waals surface area contributed by atoms with Crippen LogP contribution in [0.2, 0.25) is 0 Å². The molecule has 0 bridgehead atoms. The minimum Gasteiger partial charge on any atom is -0.334 e. The zero-order chi connectivity index (χ0) is 18.4. The molecule has 2 rings (SSSR count). The van der Waals surface area contributed by atoms with Crippen molar-refractivity contribution in [2.75, 3.05) is 13.1 Å². The van der Waals surface area contributed by atoms with Crippen LogP contribution in [0.25, 0.3) is 0 Å². The Labute approximate surface area is 155 Å². The minimum absolute atomic E-state index is 0.